The van der Waals surface area contributed by atoms with E-state index in [1.54, 1.807) is 0 Å². The molecule has 0 spiro atoms. The second-order valence-electron chi connectivity index (χ2n) is 17.0. The Hall–Kier alpha value is -9.11. The zero-order chi connectivity index (χ0) is 46.2. The maximum Gasteiger partial charge on any atom is 0.145 e. The molecule has 0 amide bonds. The molecule has 11 aromatic rings. The van der Waals surface area contributed by atoms with Crippen LogP contribution in [0.3, 0.4) is 0 Å². The summed E-state index contributed by atoms with van der Waals surface area (Å²) in [6.07, 6.45) is 0. The van der Waals surface area contributed by atoms with Crippen molar-refractivity contribution in [3.05, 3.63) is 336 Å². The third kappa shape index (κ3) is 8.83. The molecule has 2 nitrogen and oxygen atoms in total. The molecule has 0 bridgehead atoms. The van der Waals surface area contributed by atoms with Gasteiger partial charge in [-0.1, -0.05) is 279 Å². The summed E-state index contributed by atoms with van der Waals surface area (Å²) in [4.78, 5) is 5.62. The maximum atomic E-state index is 5.62. The van der Waals surface area contributed by atoms with E-state index in [4.69, 9.17) is 4.98 Å². The van der Waals surface area contributed by atoms with Gasteiger partial charge in [0.15, 0.2) is 0 Å². The van der Waals surface area contributed by atoms with Gasteiger partial charge in [0.05, 0.1) is 11.4 Å². The predicted octanol–water partition coefficient (Wildman–Crippen LogP) is 16.9. The number of hydrogen-bond donors (Lipinski definition) is 0. The van der Waals surface area contributed by atoms with Crippen LogP contribution < -0.4 is 0 Å². The molecule has 2 heteroatoms. The standard InChI is InChI=1S/C67H48N2/c1-9-25-49(26-10-1)61(50-27-11-2-12-28-50)63(53-33-17-5-18-34-53)55-41-43-59(44-42-55)67-68-65(57-37-21-7-22-38-57)66(58-39-23-8-24-40-58)69(67)60-47-45-56(46-48-60)64(54-35-19-6-20-36-54)62(51-29-13-3-14-30-51)52-31-15-4-16-32-52/h1-48H. The molecule has 0 radical (unpaired) electrons. The number of nitrogens with zero attached hydrogens (tertiary/aromatic N) is 2. The van der Waals surface area contributed by atoms with E-state index in [0.29, 0.717) is 0 Å². The monoisotopic (exact) mass is 880 g/mol. The molecule has 10 aromatic carbocycles. The zero-order valence-electron chi connectivity index (χ0n) is 38.1. The lowest BCUT2D eigenvalue weighted by Gasteiger charge is -2.19. The Kier molecular flexibility index (Phi) is 12.2. The van der Waals surface area contributed by atoms with Gasteiger partial charge in [-0.15, -0.1) is 0 Å². The van der Waals surface area contributed by atoms with Gasteiger partial charge in [-0.25, -0.2) is 4.98 Å². The molecule has 0 unspecified atom stereocenters. The first-order valence-electron chi connectivity index (χ1n) is 23.5. The summed E-state index contributed by atoms with van der Waals surface area (Å²) in [5.74, 6) is 0.858. The Balaban J connectivity index is 1.13. The fourth-order valence-corrected chi connectivity index (χ4v) is 9.54. The van der Waals surface area contributed by atoms with E-state index in [2.05, 4.69) is 296 Å². The normalized spacial score (nSPS) is 10.9. The van der Waals surface area contributed by atoms with Crippen molar-refractivity contribution in [2.24, 2.45) is 0 Å². The van der Waals surface area contributed by atoms with E-state index in [-0.39, 0.29) is 0 Å². The topological polar surface area (TPSA) is 17.8 Å². The third-order valence-corrected chi connectivity index (χ3v) is 12.7. The Morgan fingerprint density at radius 2 is 0.493 bits per heavy atom. The largest absolute Gasteiger partial charge is 0.292 e. The summed E-state index contributed by atoms with van der Waals surface area (Å²) in [6, 6.07) is 104. The summed E-state index contributed by atoms with van der Waals surface area (Å²) in [5, 5.41) is 0. The van der Waals surface area contributed by atoms with Gasteiger partial charge in [0.1, 0.15) is 5.82 Å². The number of rotatable bonds is 12. The van der Waals surface area contributed by atoms with Crippen LogP contribution in [0.2, 0.25) is 0 Å². The molecule has 11 rings (SSSR count). The van der Waals surface area contributed by atoms with Crippen molar-refractivity contribution < 1.29 is 0 Å². The molecule has 1 aromatic heterocycles. The fraction of sp³-hybridized carbons (Fsp3) is 0. The van der Waals surface area contributed by atoms with Gasteiger partial charge < -0.3 is 0 Å². The van der Waals surface area contributed by atoms with Crippen LogP contribution >= 0.6 is 0 Å². The molecule has 0 aliphatic heterocycles. The van der Waals surface area contributed by atoms with Crippen LogP contribution in [0.15, 0.2) is 291 Å². The lowest BCUT2D eigenvalue weighted by molar-refractivity contribution is 1.07. The zero-order valence-corrected chi connectivity index (χ0v) is 38.1. The molecule has 0 N–H and O–H groups in total. The van der Waals surface area contributed by atoms with Gasteiger partial charge >= 0.3 is 0 Å². The van der Waals surface area contributed by atoms with Gasteiger partial charge in [-0.3, -0.25) is 4.57 Å². The number of benzene rings is 10. The second kappa shape index (κ2) is 19.8. The van der Waals surface area contributed by atoms with Crippen LogP contribution in [0.5, 0.6) is 0 Å². The summed E-state index contributed by atoms with van der Waals surface area (Å²) >= 11 is 0. The average Bonchev–Trinajstić information content (AvgIpc) is 3.84. The van der Waals surface area contributed by atoms with Gasteiger partial charge in [0.25, 0.3) is 0 Å². The molecular weight excluding hydrogens is 833 g/mol. The van der Waals surface area contributed by atoms with E-state index >= 15 is 0 Å². The van der Waals surface area contributed by atoms with Crippen LogP contribution in [-0.2, 0) is 0 Å². The molecule has 326 valence electrons. The van der Waals surface area contributed by atoms with E-state index in [1.165, 1.54) is 22.3 Å². The van der Waals surface area contributed by atoms with Crippen LogP contribution in [-0.4, -0.2) is 9.55 Å². The van der Waals surface area contributed by atoms with Gasteiger partial charge in [0, 0.05) is 22.4 Å². The van der Waals surface area contributed by atoms with Crippen LogP contribution in [0.4, 0.5) is 0 Å². The maximum absolute atomic E-state index is 5.62. The molecule has 0 aliphatic carbocycles. The van der Waals surface area contributed by atoms with Crippen molar-refractivity contribution in [1.82, 2.24) is 9.55 Å². The Labute approximate surface area is 405 Å². The Bertz CT molecular complexity index is 3410. The van der Waals surface area contributed by atoms with Crippen molar-refractivity contribution in [3.8, 4) is 39.6 Å². The number of hydrogen-bond acceptors (Lipinski definition) is 1. The molecule has 0 fully saturated rings. The minimum atomic E-state index is 0.858. The number of imidazole rings is 1. The van der Waals surface area contributed by atoms with E-state index in [0.717, 1.165) is 84.1 Å². The summed E-state index contributed by atoms with van der Waals surface area (Å²) in [5.41, 5.74) is 20.0. The first-order valence-corrected chi connectivity index (χ1v) is 23.5. The summed E-state index contributed by atoms with van der Waals surface area (Å²) in [6.45, 7) is 0. The third-order valence-electron chi connectivity index (χ3n) is 12.7. The highest BCUT2D eigenvalue weighted by atomic mass is 15.1. The van der Waals surface area contributed by atoms with Gasteiger partial charge in [0.2, 0.25) is 0 Å². The lowest BCUT2D eigenvalue weighted by Crippen LogP contribution is -2.02. The van der Waals surface area contributed by atoms with E-state index < -0.39 is 0 Å². The quantitative estimate of drug-likeness (QED) is 0.112. The molecule has 0 saturated carbocycles. The molecular formula is C67H48N2. The van der Waals surface area contributed by atoms with Crippen LogP contribution in [0, 0.1) is 0 Å². The van der Waals surface area contributed by atoms with Crippen molar-refractivity contribution in [2.45, 2.75) is 0 Å². The van der Waals surface area contributed by atoms with Crippen LogP contribution in [0.1, 0.15) is 44.5 Å². The fourth-order valence-electron chi connectivity index (χ4n) is 9.54. The predicted molar refractivity (Wildman–Crippen MR) is 289 cm³/mol. The first kappa shape index (κ1) is 42.5. The van der Waals surface area contributed by atoms with Gasteiger partial charge in [-0.2, -0.15) is 0 Å². The van der Waals surface area contributed by atoms with E-state index in [1.807, 2.05) is 0 Å². The van der Waals surface area contributed by atoms with E-state index in [9.17, 15) is 0 Å². The second-order valence-corrected chi connectivity index (χ2v) is 17.0. The molecule has 0 atom stereocenters. The molecule has 1 heterocycles. The summed E-state index contributed by atoms with van der Waals surface area (Å²) < 4.78 is 2.35. The Morgan fingerprint density at radius 1 is 0.232 bits per heavy atom. The smallest absolute Gasteiger partial charge is 0.145 e. The first-order chi connectivity index (χ1) is 34.3. The minimum Gasteiger partial charge on any atom is -0.292 e. The molecule has 0 saturated heterocycles. The van der Waals surface area contributed by atoms with Crippen molar-refractivity contribution in [1.29, 1.82) is 0 Å². The highest BCUT2D eigenvalue weighted by Gasteiger charge is 2.24. The minimum absolute atomic E-state index is 0.858. The Morgan fingerprint density at radius 3 is 0.812 bits per heavy atom. The SMILES string of the molecule is c1ccc(C(=C(c2ccccc2)c2ccc(-c3nc(-c4ccccc4)c(-c4ccccc4)n3-c3ccc(C(=C(c4ccccc4)c4ccccc4)c4ccccc4)cc3)cc2)c2ccccc2)cc1. The molecule has 69 heavy (non-hydrogen) atoms. The van der Waals surface area contributed by atoms with Gasteiger partial charge in [-0.05, 0) is 78.9 Å². The van der Waals surface area contributed by atoms with Crippen molar-refractivity contribution in [3.63, 3.8) is 0 Å². The highest BCUT2D eigenvalue weighted by Crippen LogP contribution is 2.42. The lowest BCUT2D eigenvalue weighted by atomic mass is 9.85. The van der Waals surface area contributed by atoms with Crippen LogP contribution in [0.25, 0.3) is 61.9 Å². The molecule has 0 aliphatic rings. The average molecular weight is 881 g/mol. The van der Waals surface area contributed by atoms with Crippen molar-refractivity contribution >= 4 is 22.3 Å². The number of aromatic nitrogens is 2. The van der Waals surface area contributed by atoms with Crippen molar-refractivity contribution in [2.75, 3.05) is 0 Å². The summed E-state index contributed by atoms with van der Waals surface area (Å²) in [7, 11) is 0. The highest BCUT2D eigenvalue weighted by molar-refractivity contribution is 6.06.